The van der Waals surface area contributed by atoms with E-state index < -0.39 is 17.6 Å². The normalized spacial score (nSPS) is 13.7. The fourth-order valence-electron chi connectivity index (χ4n) is 3.85. The number of carbonyl (C=O) groups is 1. The number of alkyl halides is 3. The highest BCUT2D eigenvalue weighted by molar-refractivity contribution is 6.06. The van der Waals surface area contributed by atoms with Crippen molar-refractivity contribution < 1.29 is 18.0 Å². The first kappa shape index (κ1) is 21.0. The highest BCUT2D eigenvalue weighted by Crippen LogP contribution is 2.30. The predicted octanol–water partition coefficient (Wildman–Crippen LogP) is 4.96. The Kier molecular flexibility index (Phi) is 5.24. The summed E-state index contributed by atoms with van der Waals surface area (Å²) in [6, 6.07) is 14.0. The van der Waals surface area contributed by atoms with Gasteiger partial charge in [-0.3, -0.25) is 4.79 Å². The fourth-order valence-corrected chi connectivity index (χ4v) is 3.85. The van der Waals surface area contributed by atoms with Crippen molar-refractivity contribution in [3.05, 3.63) is 83.8 Å². The monoisotopic (exact) mass is 451 g/mol. The lowest BCUT2D eigenvalue weighted by atomic mass is 10.1. The summed E-state index contributed by atoms with van der Waals surface area (Å²) in [7, 11) is 0. The van der Waals surface area contributed by atoms with Gasteiger partial charge < -0.3 is 14.8 Å². The molecule has 0 spiro atoms. The third-order valence-corrected chi connectivity index (χ3v) is 5.67. The van der Waals surface area contributed by atoms with Gasteiger partial charge in [0.25, 0.3) is 5.91 Å². The number of hydrogen-bond donors (Lipinski definition) is 1. The number of halogens is 3. The van der Waals surface area contributed by atoms with Crippen molar-refractivity contribution in [2.75, 3.05) is 23.3 Å². The molecule has 1 aliphatic heterocycles. The number of hydrogen-bond acceptors (Lipinski definition) is 4. The number of aromatic nitrogens is 3. The maximum atomic E-state index is 13.2. The molecule has 168 valence electrons. The number of pyridine rings is 2. The van der Waals surface area contributed by atoms with Crippen molar-refractivity contribution in [3.8, 4) is 0 Å². The minimum Gasteiger partial charge on any atom is -0.356 e. The van der Waals surface area contributed by atoms with Crippen LogP contribution in [-0.4, -0.2) is 33.5 Å². The second-order valence-corrected chi connectivity index (χ2v) is 7.93. The Labute approximate surface area is 187 Å². The van der Waals surface area contributed by atoms with Crippen LogP contribution < -0.4 is 10.2 Å². The van der Waals surface area contributed by atoms with Gasteiger partial charge >= 0.3 is 6.18 Å². The van der Waals surface area contributed by atoms with Crippen molar-refractivity contribution in [1.29, 1.82) is 0 Å². The quantitative estimate of drug-likeness (QED) is 0.466. The topological polar surface area (TPSA) is 63.1 Å². The third kappa shape index (κ3) is 4.26. The van der Waals surface area contributed by atoms with E-state index in [1.807, 2.05) is 12.1 Å². The molecule has 4 heterocycles. The molecule has 3 aromatic heterocycles. The number of fused-ring (bicyclic) bond motifs is 1. The largest absolute Gasteiger partial charge is 0.416 e. The second kappa shape index (κ2) is 8.23. The van der Waals surface area contributed by atoms with E-state index in [0.29, 0.717) is 22.6 Å². The van der Waals surface area contributed by atoms with Crippen LogP contribution in [-0.2, 0) is 12.7 Å². The van der Waals surface area contributed by atoms with E-state index in [9.17, 15) is 18.0 Å². The number of anilines is 2. The van der Waals surface area contributed by atoms with Gasteiger partial charge in [0.05, 0.1) is 17.4 Å². The van der Waals surface area contributed by atoms with E-state index in [-0.39, 0.29) is 6.54 Å². The molecule has 0 bridgehead atoms. The molecule has 0 radical (unpaired) electrons. The Hall–Kier alpha value is -3.88. The van der Waals surface area contributed by atoms with Crippen LogP contribution in [0, 0.1) is 0 Å². The average molecular weight is 451 g/mol. The zero-order chi connectivity index (χ0) is 23.0. The van der Waals surface area contributed by atoms with Crippen LogP contribution in [0.1, 0.15) is 28.0 Å². The molecule has 0 saturated carbocycles. The molecule has 4 aromatic rings. The summed E-state index contributed by atoms with van der Waals surface area (Å²) >= 11 is 0. The Bertz CT molecular complexity index is 1310. The SMILES string of the molecule is O=C(Nc1ccc(N2CCC2)nc1)c1cc2cccnc2n1Cc1cccc(C(F)(F)F)c1. The molecule has 1 aliphatic rings. The maximum absolute atomic E-state index is 13.2. The molecule has 5 rings (SSSR count). The van der Waals surface area contributed by atoms with E-state index in [2.05, 4.69) is 20.2 Å². The molecular formula is C24H20F3N5O. The van der Waals surface area contributed by atoms with Crippen molar-refractivity contribution in [1.82, 2.24) is 14.5 Å². The molecule has 1 aromatic carbocycles. The first-order chi connectivity index (χ1) is 15.9. The average Bonchev–Trinajstić information content (AvgIpc) is 3.12. The maximum Gasteiger partial charge on any atom is 0.416 e. The number of nitrogens with one attached hydrogen (secondary N) is 1. The van der Waals surface area contributed by atoms with Crippen LogP contribution in [0.5, 0.6) is 0 Å². The summed E-state index contributed by atoms with van der Waals surface area (Å²) in [4.78, 5) is 24.0. The van der Waals surface area contributed by atoms with Gasteiger partial charge in [0.1, 0.15) is 17.2 Å². The molecule has 6 nitrogen and oxygen atoms in total. The van der Waals surface area contributed by atoms with E-state index in [0.717, 1.165) is 42.8 Å². The summed E-state index contributed by atoms with van der Waals surface area (Å²) < 4.78 is 41.1. The third-order valence-electron chi connectivity index (χ3n) is 5.67. The molecule has 1 saturated heterocycles. The van der Waals surface area contributed by atoms with Gasteiger partial charge in [-0.05, 0) is 54.4 Å². The fraction of sp³-hybridized carbons (Fsp3) is 0.208. The van der Waals surface area contributed by atoms with E-state index in [4.69, 9.17) is 0 Å². The van der Waals surface area contributed by atoms with Crippen molar-refractivity contribution in [3.63, 3.8) is 0 Å². The zero-order valence-corrected chi connectivity index (χ0v) is 17.5. The van der Waals surface area contributed by atoms with Crippen LogP contribution in [0.4, 0.5) is 24.7 Å². The summed E-state index contributed by atoms with van der Waals surface area (Å²) in [5.41, 5.74) is 1.04. The molecule has 0 unspecified atom stereocenters. The van der Waals surface area contributed by atoms with Gasteiger partial charge in [-0.1, -0.05) is 12.1 Å². The summed E-state index contributed by atoms with van der Waals surface area (Å²) in [5.74, 6) is 0.473. The number of carbonyl (C=O) groups excluding carboxylic acids is 1. The van der Waals surface area contributed by atoms with Crippen molar-refractivity contribution in [2.24, 2.45) is 0 Å². The number of amides is 1. The van der Waals surface area contributed by atoms with Gasteiger partial charge in [-0.15, -0.1) is 0 Å². The van der Waals surface area contributed by atoms with Crippen LogP contribution >= 0.6 is 0 Å². The molecule has 0 aliphatic carbocycles. The Morgan fingerprint density at radius 1 is 1.03 bits per heavy atom. The first-order valence-corrected chi connectivity index (χ1v) is 10.5. The van der Waals surface area contributed by atoms with Crippen LogP contribution in [0.15, 0.2) is 67.0 Å². The van der Waals surface area contributed by atoms with Crippen molar-refractivity contribution in [2.45, 2.75) is 19.1 Å². The number of rotatable bonds is 5. The Balaban J connectivity index is 1.44. The smallest absolute Gasteiger partial charge is 0.356 e. The van der Waals surface area contributed by atoms with Crippen LogP contribution in [0.2, 0.25) is 0 Å². The number of benzene rings is 1. The lowest BCUT2D eigenvalue weighted by Gasteiger charge is -2.31. The van der Waals surface area contributed by atoms with E-state index >= 15 is 0 Å². The molecule has 1 N–H and O–H groups in total. The second-order valence-electron chi connectivity index (χ2n) is 7.93. The predicted molar refractivity (Wildman–Crippen MR) is 119 cm³/mol. The van der Waals surface area contributed by atoms with Crippen LogP contribution in [0.25, 0.3) is 11.0 Å². The highest BCUT2D eigenvalue weighted by Gasteiger charge is 2.30. The summed E-state index contributed by atoms with van der Waals surface area (Å²) in [6.07, 6.45) is -0.109. The van der Waals surface area contributed by atoms with Crippen LogP contribution in [0.3, 0.4) is 0 Å². The van der Waals surface area contributed by atoms with Gasteiger partial charge in [-0.25, -0.2) is 9.97 Å². The Morgan fingerprint density at radius 3 is 2.58 bits per heavy atom. The number of nitrogens with zero attached hydrogens (tertiary/aromatic N) is 4. The van der Waals surface area contributed by atoms with Gasteiger partial charge in [-0.2, -0.15) is 13.2 Å². The zero-order valence-electron chi connectivity index (χ0n) is 17.5. The lowest BCUT2D eigenvalue weighted by molar-refractivity contribution is -0.137. The van der Waals surface area contributed by atoms with Gasteiger partial charge in [0, 0.05) is 31.2 Å². The summed E-state index contributed by atoms with van der Waals surface area (Å²) in [5, 5.41) is 3.56. The Morgan fingerprint density at radius 2 is 1.88 bits per heavy atom. The van der Waals surface area contributed by atoms with Crippen molar-refractivity contribution >= 4 is 28.4 Å². The minimum atomic E-state index is -4.44. The van der Waals surface area contributed by atoms with E-state index in [1.165, 1.54) is 6.07 Å². The molecular weight excluding hydrogens is 431 g/mol. The van der Waals surface area contributed by atoms with Gasteiger partial charge in [0.2, 0.25) is 0 Å². The molecule has 0 atom stereocenters. The van der Waals surface area contributed by atoms with E-state index in [1.54, 1.807) is 41.2 Å². The summed E-state index contributed by atoms with van der Waals surface area (Å²) in [6.45, 7) is 2.02. The first-order valence-electron chi connectivity index (χ1n) is 10.5. The standard InChI is InChI=1S/C24H20F3N5O/c25-24(26,27)18-6-1-4-16(12-18)15-32-20(13-17-5-2-9-28-22(17)32)23(33)30-19-7-8-21(29-14-19)31-10-3-11-31/h1-2,4-9,12-14H,3,10-11,15H2,(H,30,33). The lowest BCUT2D eigenvalue weighted by Crippen LogP contribution is -2.37. The molecule has 1 amide bonds. The molecule has 1 fully saturated rings. The molecule has 33 heavy (non-hydrogen) atoms. The minimum absolute atomic E-state index is 0.0688. The highest BCUT2D eigenvalue weighted by atomic mass is 19.4. The molecule has 9 heteroatoms. The van der Waals surface area contributed by atoms with Gasteiger partial charge in [0.15, 0.2) is 0 Å².